The summed E-state index contributed by atoms with van der Waals surface area (Å²) in [5, 5.41) is 4.40. The van der Waals surface area contributed by atoms with Crippen molar-refractivity contribution in [1.29, 1.82) is 0 Å². The average Bonchev–Trinajstić information content (AvgIpc) is 3.28. The third kappa shape index (κ3) is 4.56. The second kappa shape index (κ2) is 8.10. The van der Waals surface area contributed by atoms with Crippen molar-refractivity contribution in [2.24, 2.45) is 0 Å². The topological polar surface area (TPSA) is 89.2 Å². The predicted molar refractivity (Wildman–Crippen MR) is 97.3 cm³/mol. The van der Waals surface area contributed by atoms with Gasteiger partial charge in [0.15, 0.2) is 14.1 Å². The van der Waals surface area contributed by atoms with Crippen molar-refractivity contribution in [3.05, 3.63) is 58.4 Å². The van der Waals surface area contributed by atoms with Gasteiger partial charge in [0.25, 0.3) is 0 Å². The van der Waals surface area contributed by atoms with E-state index >= 15 is 0 Å². The molecule has 2 N–H and O–H groups in total. The average molecular weight is 392 g/mol. The van der Waals surface area contributed by atoms with Crippen LogP contribution in [0, 0.1) is 3.95 Å². The summed E-state index contributed by atoms with van der Waals surface area (Å²) in [4.78, 5) is 23.5. The Morgan fingerprint density at radius 3 is 2.72 bits per heavy atom. The Kier molecular flexibility index (Phi) is 5.64. The highest BCUT2D eigenvalue weighted by Gasteiger charge is 2.11. The minimum atomic E-state index is -0.521. The first kappa shape index (κ1) is 17.4. The van der Waals surface area contributed by atoms with Crippen LogP contribution in [0.4, 0.5) is 0 Å². The lowest BCUT2D eigenvalue weighted by atomic mass is 10.3. The van der Waals surface area contributed by atoms with Gasteiger partial charge in [-0.25, -0.2) is 4.68 Å². The molecule has 0 radical (unpaired) electrons. The maximum atomic E-state index is 11.8. The van der Waals surface area contributed by atoms with Gasteiger partial charge in [0, 0.05) is 0 Å². The molecule has 0 saturated carbocycles. The van der Waals surface area contributed by atoms with Crippen LogP contribution in [0.25, 0.3) is 5.69 Å². The Morgan fingerprint density at radius 2 is 2.00 bits per heavy atom. The summed E-state index contributed by atoms with van der Waals surface area (Å²) in [5.74, 6) is -0.674. The number of carbonyl (C=O) groups is 2. The number of nitrogens with one attached hydrogen (secondary N) is 2. The fourth-order valence-electron chi connectivity index (χ4n) is 1.81. The monoisotopic (exact) mass is 392 g/mol. The van der Waals surface area contributed by atoms with Crippen LogP contribution in [0.3, 0.4) is 0 Å². The number of rotatable bonds is 5. The Morgan fingerprint density at radius 1 is 1.20 bits per heavy atom. The van der Waals surface area contributed by atoms with E-state index in [1.165, 1.54) is 35.4 Å². The molecule has 7 nitrogen and oxygen atoms in total. The molecule has 2 aromatic heterocycles. The van der Waals surface area contributed by atoms with Crippen molar-refractivity contribution >= 4 is 47.1 Å². The van der Waals surface area contributed by atoms with Crippen molar-refractivity contribution in [1.82, 2.24) is 20.6 Å². The second-order valence-corrected chi connectivity index (χ2v) is 7.49. The van der Waals surface area contributed by atoms with Crippen molar-refractivity contribution in [3.63, 3.8) is 0 Å². The molecule has 1 aromatic carbocycles. The van der Waals surface area contributed by atoms with Crippen LogP contribution >= 0.6 is 35.3 Å². The molecule has 0 aliphatic carbocycles. The first-order valence-electron chi connectivity index (χ1n) is 7.04. The van der Waals surface area contributed by atoms with E-state index in [1.807, 2.05) is 30.3 Å². The van der Waals surface area contributed by atoms with E-state index in [4.69, 9.17) is 16.6 Å². The molecule has 0 spiro atoms. The Labute approximate surface area is 156 Å². The zero-order valence-corrected chi connectivity index (χ0v) is 15.1. The lowest BCUT2D eigenvalue weighted by molar-refractivity contribution is -0.119. The molecule has 2 heterocycles. The Balaban J connectivity index is 1.53. The van der Waals surface area contributed by atoms with Gasteiger partial charge in [0.1, 0.15) is 0 Å². The summed E-state index contributed by atoms with van der Waals surface area (Å²) in [5.41, 5.74) is 5.46. The van der Waals surface area contributed by atoms with Gasteiger partial charge >= 0.3 is 5.91 Å². The van der Waals surface area contributed by atoms with Gasteiger partial charge in [0.2, 0.25) is 5.91 Å². The van der Waals surface area contributed by atoms with E-state index in [1.54, 1.807) is 10.7 Å². The van der Waals surface area contributed by atoms with Gasteiger partial charge < -0.3 is 4.42 Å². The molecule has 3 aromatic rings. The van der Waals surface area contributed by atoms with Gasteiger partial charge in [-0.3, -0.25) is 20.4 Å². The summed E-state index contributed by atoms with van der Waals surface area (Å²) in [6, 6.07) is 12.6. The Bertz CT molecular complexity index is 919. The molecule has 3 rings (SSSR count). The number of benzene rings is 1. The molecule has 0 bridgehead atoms. The normalized spacial score (nSPS) is 10.4. The summed E-state index contributed by atoms with van der Waals surface area (Å²) >= 11 is 7.86. The van der Waals surface area contributed by atoms with E-state index in [0.717, 1.165) is 5.69 Å². The maximum Gasteiger partial charge on any atom is 0.305 e. The van der Waals surface area contributed by atoms with Crippen molar-refractivity contribution in [2.45, 2.75) is 4.34 Å². The summed E-state index contributed by atoms with van der Waals surface area (Å²) in [6.07, 6.45) is 1.38. The van der Waals surface area contributed by atoms with Crippen molar-refractivity contribution < 1.29 is 14.0 Å². The highest BCUT2D eigenvalue weighted by Crippen LogP contribution is 2.23. The number of hydrogen-bond acceptors (Lipinski definition) is 7. The van der Waals surface area contributed by atoms with Crippen LogP contribution in [0.1, 0.15) is 10.6 Å². The summed E-state index contributed by atoms with van der Waals surface area (Å²) in [7, 11) is 0. The van der Waals surface area contributed by atoms with Crippen LogP contribution in [0.5, 0.6) is 0 Å². The van der Waals surface area contributed by atoms with Gasteiger partial charge in [0.05, 0.1) is 17.7 Å². The third-order valence-electron chi connectivity index (χ3n) is 2.92. The predicted octanol–water partition coefficient (Wildman–Crippen LogP) is 2.81. The first-order valence-corrected chi connectivity index (χ1v) is 9.25. The number of hydrogen-bond donors (Lipinski definition) is 2. The van der Waals surface area contributed by atoms with Gasteiger partial charge in [-0.2, -0.15) is 0 Å². The molecule has 0 aliphatic rings. The first-order chi connectivity index (χ1) is 12.1. The van der Waals surface area contributed by atoms with Crippen LogP contribution in [-0.4, -0.2) is 27.3 Å². The molecular weight excluding hydrogens is 380 g/mol. The highest BCUT2D eigenvalue weighted by atomic mass is 32.2. The van der Waals surface area contributed by atoms with E-state index in [-0.39, 0.29) is 17.4 Å². The molecular formula is C15H12N4O3S3. The van der Waals surface area contributed by atoms with E-state index in [2.05, 4.69) is 16.0 Å². The molecule has 10 heteroatoms. The number of aromatic nitrogens is 2. The van der Waals surface area contributed by atoms with Gasteiger partial charge in [-0.1, -0.05) is 41.3 Å². The van der Waals surface area contributed by atoms with Crippen molar-refractivity contribution in [3.8, 4) is 5.69 Å². The Hall–Kier alpha value is -2.43. The number of hydrazine groups is 1. The number of furan rings is 1. The lowest BCUT2D eigenvalue weighted by Gasteiger charge is -2.04. The molecule has 0 atom stereocenters. The fourth-order valence-corrected chi connectivity index (χ4v) is 3.97. The number of thioether (sulfide) groups is 1. The lowest BCUT2D eigenvalue weighted by Crippen LogP contribution is -2.42. The van der Waals surface area contributed by atoms with Crippen LogP contribution in [0.15, 0.2) is 57.5 Å². The number of para-hydroxylation sites is 1. The molecule has 0 unspecified atom stereocenters. The number of carbonyl (C=O) groups excluding carboxylic acids is 2. The van der Waals surface area contributed by atoms with E-state index < -0.39 is 5.91 Å². The molecule has 25 heavy (non-hydrogen) atoms. The minimum absolute atomic E-state index is 0.0928. The number of nitrogens with zero attached hydrogens (tertiary/aromatic N) is 2. The number of amides is 2. The molecule has 2 amide bonds. The van der Waals surface area contributed by atoms with Crippen LogP contribution < -0.4 is 10.9 Å². The van der Waals surface area contributed by atoms with Gasteiger partial charge in [-0.15, -0.1) is 5.10 Å². The molecule has 0 saturated heterocycles. The fraction of sp³-hybridized carbons (Fsp3) is 0.0667. The van der Waals surface area contributed by atoms with Gasteiger partial charge in [-0.05, 0) is 36.5 Å². The summed E-state index contributed by atoms with van der Waals surface area (Å²) in [6.45, 7) is 0. The minimum Gasteiger partial charge on any atom is -0.459 e. The second-order valence-electron chi connectivity index (χ2n) is 4.65. The quantitative estimate of drug-likeness (QED) is 0.394. The smallest absolute Gasteiger partial charge is 0.305 e. The highest BCUT2D eigenvalue weighted by molar-refractivity contribution is 8.01. The van der Waals surface area contributed by atoms with E-state index in [0.29, 0.717) is 8.29 Å². The molecule has 128 valence electrons. The zero-order chi connectivity index (χ0) is 17.6. The maximum absolute atomic E-state index is 11.8. The van der Waals surface area contributed by atoms with Crippen LogP contribution in [0.2, 0.25) is 0 Å². The standard InChI is InChI=1S/C15H12N4O3S3/c20-12(16-17-13(21)11-7-4-8-22-11)9-24-14-18-19(15(23)25-14)10-5-2-1-3-6-10/h1-8H,9H2,(H,16,20)(H,17,21). The molecule has 0 fully saturated rings. The SMILES string of the molecule is O=C(CSc1nn(-c2ccccc2)c(=S)s1)NNC(=O)c1ccco1. The van der Waals surface area contributed by atoms with Crippen molar-refractivity contribution in [2.75, 3.05) is 5.75 Å². The van der Waals surface area contributed by atoms with Crippen LogP contribution in [-0.2, 0) is 4.79 Å². The zero-order valence-electron chi connectivity index (χ0n) is 12.7. The molecule has 0 aliphatic heterocycles. The largest absolute Gasteiger partial charge is 0.459 e. The third-order valence-corrected chi connectivity index (χ3v) is 5.28. The summed E-state index contributed by atoms with van der Waals surface area (Å²) < 4.78 is 7.84. The van der Waals surface area contributed by atoms with E-state index in [9.17, 15) is 9.59 Å².